The Morgan fingerprint density at radius 3 is 2.31 bits per heavy atom. The van der Waals surface area contributed by atoms with Crippen LogP contribution in [0.25, 0.3) is 0 Å². The van der Waals surface area contributed by atoms with E-state index in [1.807, 2.05) is 0 Å². The predicted octanol–water partition coefficient (Wildman–Crippen LogP) is 2.24. The van der Waals surface area contributed by atoms with Crippen LogP contribution in [0.4, 0.5) is 0 Å². The Morgan fingerprint density at radius 2 is 1.73 bits per heavy atom. The fourth-order valence-electron chi connectivity index (χ4n) is 2.58. The molecule has 0 saturated carbocycles. The molecule has 7 nitrogen and oxygen atoms in total. The third-order valence-electron chi connectivity index (χ3n) is 4.05. The molecule has 0 N–H and O–H groups in total. The van der Waals surface area contributed by atoms with Crippen molar-refractivity contribution in [2.45, 2.75) is 11.8 Å². The molecule has 3 rings (SSSR count). The van der Waals surface area contributed by atoms with Crippen LogP contribution in [0, 0.1) is 6.92 Å². The summed E-state index contributed by atoms with van der Waals surface area (Å²) in [4.78, 5) is 22.2. The summed E-state index contributed by atoms with van der Waals surface area (Å²) in [7, 11) is -3.70. The van der Waals surface area contributed by atoms with E-state index >= 15 is 0 Å². The Hall–Kier alpha value is -1.74. The number of aryl methyl sites for hydroxylation is 1. The maximum atomic E-state index is 12.7. The maximum Gasteiger partial charge on any atom is 0.274 e. The first-order valence-corrected chi connectivity index (χ1v) is 10.0. The zero-order chi connectivity index (χ0) is 18.9. The van der Waals surface area contributed by atoms with Gasteiger partial charge in [0.15, 0.2) is 0 Å². The van der Waals surface area contributed by atoms with Gasteiger partial charge in [0.05, 0.1) is 26.8 Å². The number of nitrogens with zero attached hydrogens (tertiary/aromatic N) is 4. The zero-order valence-corrected chi connectivity index (χ0v) is 16.2. The van der Waals surface area contributed by atoms with Gasteiger partial charge in [-0.3, -0.25) is 9.78 Å². The Bertz CT molecular complexity index is 927. The van der Waals surface area contributed by atoms with Gasteiger partial charge in [-0.1, -0.05) is 23.2 Å². The van der Waals surface area contributed by atoms with E-state index in [4.69, 9.17) is 23.2 Å². The maximum absolute atomic E-state index is 12.7. The van der Waals surface area contributed by atoms with Gasteiger partial charge in [-0.15, -0.1) is 0 Å². The van der Waals surface area contributed by atoms with Gasteiger partial charge < -0.3 is 4.90 Å². The molecule has 2 heterocycles. The molecule has 2 aromatic rings. The summed E-state index contributed by atoms with van der Waals surface area (Å²) in [6.45, 7) is 2.71. The predicted molar refractivity (Wildman–Crippen MR) is 97.9 cm³/mol. The van der Waals surface area contributed by atoms with Crippen LogP contribution in [0.1, 0.15) is 16.2 Å². The number of halogens is 2. The van der Waals surface area contributed by atoms with Crippen molar-refractivity contribution in [2.75, 3.05) is 26.2 Å². The van der Waals surface area contributed by atoms with Crippen molar-refractivity contribution < 1.29 is 13.2 Å². The minimum atomic E-state index is -3.70. The molecule has 0 atom stereocenters. The van der Waals surface area contributed by atoms with Gasteiger partial charge >= 0.3 is 0 Å². The number of amides is 1. The molecule has 0 aliphatic carbocycles. The van der Waals surface area contributed by atoms with E-state index in [-0.39, 0.29) is 47.7 Å². The highest BCUT2D eigenvalue weighted by atomic mass is 35.5. The lowest BCUT2D eigenvalue weighted by molar-refractivity contribution is 0.0691. The second-order valence-electron chi connectivity index (χ2n) is 5.82. The third-order valence-corrected chi connectivity index (χ3v) is 6.69. The first-order chi connectivity index (χ1) is 12.3. The van der Waals surface area contributed by atoms with Gasteiger partial charge in [0.25, 0.3) is 5.91 Å². The van der Waals surface area contributed by atoms with E-state index in [2.05, 4.69) is 9.97 Å². The Labute approximate surface area is 161 Å². The fraction of sp³-hybridized carbons (Fsp3) is 0.312. The van der Waals surface area contributed by atoms with Crippen molar-refractivity contribution in [1.82, 2.24) is 19.2 Å². The van der Waals surface area contributed by atoms with E-state index in [9.17, 15) is 13.2 Å². The molecule has 0 radical (unpaired) electrons. The molecule has 1 aromatic carbocycles. The largest absolute Gasteiger partial charge is 0.335 e. The Balaban J connectivity index is 1.70. The minimum absolute atomic E-state index is 0.0797. The van der Waals surface area contributed by atoms with Crippen LogP contribution >= 0.6 is 23.2 Å². The summed E-state index contributed by atoms with van der Waals surface area (Å²) in [6.07, 6.45) is 2.95. The zero-order valence-electron chi connectivity index (χ0n) is 13.9. The molecule has 0 bridgehead atoms. The molecule has 1 amide bonds. The van der Waals surface area contributed by atoms with Crippen molar-refractivity contribution >= 4 is 39.1 Å². The highest BCUT2D eigenvalue weighted by molar-refractivity contribution is 7.89. The number of sulfonamides is 1. The summed E-state index contributed by atoms with van der Waals surface area (Å²) in [5, 5.41) is 0.472. The highest BCUT2D eigenvalue weighted by Crippen LogP contribution is 2.27. The second-order valence-corrected chi connectivity index (χ2v) is 8.57. The van der Waals surface area contributed by atoms with E-state index < -0.39 is 10.0 Å². The number of rotatable bonds is 3. The van der Waals surface area contributed by atoms with E-state index in [0.29, 0.717) is 5.02 Å². The van der Waals surface area contributed by atoms with E-state index in [0.717, 1.165) is 5.69 Å². The fourth-order valence-corrected chi connectivity index (χ4v) is 4.39. The highest BCUT2D eigenvalue weighted by Gasteiger charge is 2.31. The van der Waals surface area contributed by atoms with Gasteiger partial charge in [0.1, 0.15) is 5.69 Å². The van der Waals surface area contributed by atoms with Crippen LogP contribution < -0.4 is 0 Å². The average molecular weight is 415 g/mol. The lowest BCUT2D eigenvalue weighted by Gasteiger charge is -2.33. The molecule has 0 unspecified atom stereocenters. The average Bonchev–Trinajstić information content (AvgIpc) is 2.64. The number of carbonyl (C=O) groups is 1. The summed E-state index contributed by atoms with van der Waals surface area (Å²) in [5.74, 6) is -0.260. The minimum Gasteiger partial charge on any atom is -0.335 e. The topological polar surface area (TPSA) is 83.5 Å². The molecule has 10 heteroatoms. The van der Waals surface area contributed by atoms with E-state index in [1.54, 1.807) is 11.8 Å². The van der Waals surface area contributed by atoms with Gasteiger partial charge in [0.2, 0.25) is 10.0 Å². The number of aromatic nitrogens is 2. The normalized spacial score (nSPS) is 15.9. The van der Waals surface area contributed by atoms with Crippen LogP contribution in [0.15, 0.2) is 35.5 Å². The Morgan fingerprint density at radius 1 is 1.04 bits per heavy atom. The Kier molecular flexibility index (Phi) is 5.47. The molecule has 1 aliphatic heterocycles. The standard InChI is InChI=1S/C16H16Cl2N4O3S/c1-11-9-20-15(10-19-11)16(23)21-4-6-22(7-5-21)26(24,25)12-2-3-13(17)14(18)8-12/h2-3,8-10H,4-7H2,1H3. The third kappa shape index (κ3) is 3.83. The second kappa shape index (κ2) is 7.48. The van der Waals surface area contributed by atoms with Crippen LogP contribution in [0.2, 0.25) is 10.0 Å². The monoisotopic (exact) mass is 414 g/mol. The number of benzene rings is 1. The molecule has 1 aromatic heterocycles. The van der Waals surface area contributed by atoms with Gasteiger partial charge in [-0.25, -0.2) is 13.4 Å². The molecular formula is C16H16Cl2N4O3S. The lowest BCUT2D eigenvalue weighted by Crippen LogP contribution is -2.50. The molecule has 1 saturated heterocycles. The lowest BCUT2D eigenvalue weighted by atomic mass is 10.3. The van der Waals surface area contributed by atoms with Gasteiger partial charge in [-0.05, 0) is 25.1 Å². The van der Waals surface area contributed by atoms with E-state index in [1.165, 1.54) is 34.9 Å². The number of carbonyl (C=O) groups excluding carboxylic acids is 1. The van der Waals surface area contributed by atoms with Crippen LogP contribution in [-0.2, 0) is 10.0 Å². The van der Waals surface area contributed by atoms with Gasteiger partial charge in [0, 0.05) is 32.4 Å². The van der Waals surface area contributed by atoms with Crippen LogP contribution in [0.5, 0.6) is 0 Å². The summed E-state index contributed by atoms with van der Waals surface area (Å²) < 4.78 is 26.8. The molecular weight excluding hydrogens is 399 g/mol. The quantitative estimate of drug-likeness (QED) is 0.768. The summed E-state index contributed by atoms with van der Waals surface area (Å²) >= 11 is 11.8. The first-order valence-electron chi connectivity index (χ1n) is 7.82. The van der Waals surface area contributed by atoms with Crippen molar-refractivity contribution in [3.8, 4) is 0 Å². The van der Waals surface area contributed by atoms with Crippen molar-refractivity contribution in [3.05, 3.63) is 52.0 Å². The molecule has 26 heavy (non-hydrogen) atoms. The van der Waals surface area contributed by atoms with Crippen LogP contribution in [-0.4, -0.2) is 59.7 Å². The number of piperazine rings is 1. The van der Waals surface area contributed by atoms with Crippen molar-refractivity contribution in [3.63, 3.8) is 0 Å². The molecule has 0 spiro atoms. The first kappa shape index (κ1) is 19.0. The van der Waals surface area contributed by atoms with Gasteiger partial charge in [-0.2, -0.15) is 4.31 Å². The number of hydrogen-bond donors (Lipinski definition) is 0. The molecule has 1 aliphatic rings. The molecule has 138 valence electrons. The summed E-state index contributed by atoms with van der Waals surface area (Å²) in [5.41, 5.74) is 0.968. The SMILES string of the molecule is Cc1cnc(C(=O)N2CCN(S(=O)(=O)c3ccc(Cl)c(Cl)c3)CC2)cn1. The van der Waals surface area contributed by atoms with Crippen LogP contribution in [0.3, 0.4) is 0 Å². The summed E-state index contributed by atoms with van der Waals surface area (Å²) in [6, 6.07) is 4.20. The molecule has 1 fully saturated rings. The number of hydrogen-bond acceptors (Lipinski definition) is 5. The van der Waals surface area contributed by atoms with Crippen molar-refractivity contribution in [1.29, 1.82) is 0 Å². The smallest absolute Gasteiger partial charge is 0.274 e. The van der Waals surface area contributed by atoms with Crippen molar-refractivity contribution in [2.24, 2.45) is 0 Å².